The SMILES string of the molecule is O=CC1COc2cc(Br)ccc2C1S(=O)c1ccc(F)cc1. The van der Waals surface area contributed by atoms with E-state index in [9.17, 15) is 13.4 Å². The number of halogens is 2. The van der Waals surface area contributed by atoms with E-state index < -0.39 is 22.0 Å². The van der Waals surface area contributed by atoms with Crippen molar-refractivity contribution in [2.75, 3.05) is 6.61 Å². The van der Waals surface area contributed by atoms with Crippen molar-refractivity contribution in [1.29, 1.82) is 0 Å². The summed E-state index contributed by atoms with van der Waals surface area (Å²) >= 11 is 3.37. The van der Waals surface area contributed by atoms with Crippen molar-refractivity contribution in [2.24, 2.45) is 5.92 Å². The van der Waals surface area contributed by atoms with Gasteiger partial charge in [0.05, 0.1) is 28.6 Å². The maximum absolute atomic E-state index is 13.0. The molecule has 0 spiro atoms. The largest absolute Gasteiger partial charge is 0.492 e. The van der Waals surface area contributed by atoms with E-state index in [1.165, 1.54) is 24.3 Å². The Bertz CT molecular complexity index is 733. The summed E-state index contributed by atoms with van der Waals surface area (Å²) in [6.45, 7) is 0.185. The maximum Gasteiger partial charge on any atom is 0.128 e. The van der Waals surface area contributed by atoms with E-state index in [4.69, 9.17) is 4.74 Å². The Labute approximate surface area is 138 Å². The third-order valence-electron chi connectivity index (χ3n) is 3.55. The highest BCUT2D eigenvalue weighted by Crippen LogP contribution is 2.41. The van der Waals surface area contributed by atoms with Crippen molar-refractivity contribution in [3.05, 3.63) is 58.3 Å². The second kappa shape index (κ2) is 6.30. The van der Waals surface area contributed by atoms with Gasteiger partial charge in [-0.15, -0.1) is 0 Å². The second-order valence-electron chi connectivity index (χ2n) is 4.97. The third-order valence-corrected chi connectivity index (χ3v) is 5.85. The van der Waals surface area contributed by atoms with Crippen molar-refractivity contribution in [3.63, 3.8) is 0 Å². The Morgan fingerprint density at radius 1 is 1.23 bits per heavy atom. The molecule has 3 rings (SSSR count). The van der Waals surface area contributed by atoms with Gasteiger partial charge in [0.25, 0.3) is 0 Å². The molecule has 22 heavy (non-hydrogen) atoms. The molecule has 0 aliphatic carbocycles. The van der Waals surface area contributed by atoms with Gasteiger partial charge in [-0.05, 0) is 36.4 Å². The molecule has 0 aromatic heterocycles. The number of hydrogen-bond donors (Lipinski definition) is 0. The molecule has 0 N–H and O–H groups in total. The minimum Gasteiger partial charge on any atom is -0.492 e. The molecule has 3 unspecified atom stereocenters. The van der Waals surface area contributed by atoms with Crippen LogP contribution >= 0.6 is 15.9 Å². The number of benzene rings is 2. The highest BCUT2D eigenvalue weighted by atomic mass is 79.9. The summed E-state index contributed by atoms with van der Waals surface area (Å²) in [5.41, 5.74) is 0.731. The topological polar surface area (TPSA) is 43.4 Å². The number of aldehydes is 1. The van der Waals surface area contributed by atoms with Gasteiger partial charge in [-0.3, -0.25) is 4.21 Å². The summed E-state index contributed by atoms with van der Waals surface area (Å²) in [5, 5.41) is -0.500. The van der Waals surface area contributed by atoms with E-state index >= 15 is 0 Å². The van der Waals surface area contributed by atoms with Gasteiger partial charge < -0.3 is 9.53 Å². The van der Waals surface area contributed by atoms with Crippen LogP contribution in [0.2, 0.25) is 0 Å². The van der Waals surface area contributed by atoms with Crippen LogP contribution in [0.25, 0.3) is 0 Å². The summed E-state index contributed by atoms with van der Waals surface area (Å²) in [6.07, 6.45) is 0.775. The van der Waals surface area contributed by atoms with Gasteiger partial charge in [0.15, 0.2) is 0 Å². The molecule has 3 nitrogen and oxygen atoms in total. The van der Waals surface area contributed by atoms with E-state index in [0.29, 0.717) is 10.6 Å². The minimum absolute atomic E-state index is 0.185. The van der Waals surface area contributed by atoms with Gasteiger partial charge in [0.1, 0.15) is 17.9 Å². The average Bonchev–Trinajstić information content (AvgIpc) is 2.53. The van der Waals surface area contributed by atoms with Gasteiger partial charge in [0, 0.05) is 14.9 Å². The Kier molecular flexibility index (Phi) is 4.40. The van der Waals surface area contributed by atoms with Gasteiger partial charge in [-0.2, -0.15) is 0 Å². The number of carbonyl (C=O) groups excluding carboxylic acids is 1. The van der Waals surface area contributed by atoms with Gasteiger partial charge in [-0.25, -0.2) is 4.39 Å². The van der Waals surface area contributed by atoms with Crippen molar-refractivity contribution in [1.82, 2.24) is 0 Å². The Hall–Kier alpha value is -1.53. The second-order valence-corrected chi connectivity index (χ2v) is 7.45. The molecule has 1 heterocycles. The predicted octanol–water partition coefficient (Wildman–Crippen LogP) is 3.64. The molecular formula is C16H12BrFO3S. The molecule has 3 atom stereocenters. The lowest BCUT2D eigenvalue weighted by Gasteiger charge is -2.30. The monoisotopic (exact) mass is 382 g/mol. The van der Waals surface area contributed by atoms with Crippen molar-refractivity contribution in [2.45, 2.75) is 10.1 Å². The van der Waals surface area contributed by atoms with Crippen LogP contribution in [0.15, 0.2) is 51.8 Å². The molecule has 0 saturated carbocycles. The molecule has 0 fully saturated rings. The number of carbonyl (C=O) groups is 1. The van der Waals surface area contributed by atoms with Crippen LogP contribution in [0, 0.1) is 11.7 Å². The van der Waals surface area contributed by atoms with Crippen LogP contribution in [-0.4, -0.2) is 17.1 Å². The van der Waals surface area contributed by atoms with Gasteiger partial charge in [0.2, 0.25) is 0 Å². The highest BCUT2D eigenvalue weighted by molar-refractivity contribution is 9.10. The van der Waals surface area contributed by atoms with E-state index in [1.54, 1.807) is 12.1 Å². The molecule has 0 radical (unpaired) electrons. The van der Waals surface area contributed by atoms with Crippen LogP contribution in [0.5, 0.6) is 5.75 Å². The van der Waals surface area contributed by atoms with Crippen LogP contribution in [-0.2, 0) is 15.6 Å². The summed E-state index contributed by atoms with van der Waals surface area (Å²) in [6, 6.07) is 10.9. The van der Waals surface area contributed by atoms with Crippen molar-refractivity contribution < 1.29 is 18.1 Å². The van der Waals surface area contributed by atoms with E-state index in [1.807, 2.05) is 6.07 Å². The number of hydrogen-bond acceptors (Lipinski definition) is 3. The van der Waals surface area contributed by atoms with Crippen molar-refractivity contribution in [3.8, 4) is 5.75 Å². The zero-order valence-corrected chi connectivity index (χ0v) is 13.8. The predicted molar refractivity (Wildman–Crippen MR) is 84.7 cm³/mol. The first-order chi connectivity index (χ1) is 10.6. The molecule has 0 saturated heterocycles. The fourth-order valence-electron chi connectivity index (χ4n) is 2.47. The number of fused-ring (bicyclic) bond motifs is 1. The van der Waals surface area contributed by atoms with E-state index in [0.717, 1.165) is 16.3 Å². The minimum atomic E-state index is -1.47. The smallest absolute Gasteiger partial charge is 0.128 e. The fraction of sp³-hybridized carbons (Fsp3) is 0.188. The van der Waals surface area contributed by atoms with Crippen LogP contribution in [0.3, 0.4) is 0 Å². The molecular weight excluding hydrogens is 371 g/mol. The highest BCUT2D eigenvalue weighted by Gasteiger charge is 2.36. The normalized spacial score (nSPS) is 21.5. The van der Waals surface area contributed by atoms with E-state index in [2.05, 4.69) is 15.9 Å². The third kappa shape index (κ3) is 2.85. The lowest BCUT2D eigenvalue weighted by Crippen LogP contribution is -2.29. The Morgan fingerprint density at radius 2 is 1.95 bits per heavy atom. The first-order valence-corrected chi connectivity index (χ1v) is 8.64. The zero-order chi connectivity index (χ0) is 15.7. The van der Waals surface area contributed by atoms with Crippen LogP contribution < -0.4 is 4.74 Å². The Morgan fingerprint density at radius 3 is 2.64 bits per heavy atom. The molecule has 2 aromatic rings. The summed E-state index contributed by atoms with van der Waals surface area (Å²) in [7, 11) is -1.47. The van der Waals surface area contributed by atoms with Crippen LogP contribution in [0.4, 0.5) is 4.39 Å². The molecule has 6 heteroatoms. The van der Waals surface area contributed by atoms with Crippen molar-refractivity contribution >= 4 is 33.0 Å². The molecule has 0 amide bonds. The fourth-order valence-corrected chi connectivity index (χ4v) is 4.40. The van der Waals surface area contributed by atoms with Gasteiger partial charge in [-0.1, -0.05) is 22.0 Å². The first-order valence-electron chi connectivity index (χ1n) is 6.64. The van der Waals surface area contributed by atoms with Crippen LogP contribution in [0.1, 0.15) is 10.8 Å². The summed E-state index contributed by atoms with van der Waals surface area (Å²) in [5.74, 6) is -0.267. The summed E-state index contributed by atoms with van der Waals surface area (Å²) < 4.78 is 32.4. The zero-order valence-electron chi connectivity index (χ0n) is 11.4. The first kappa shape index (κ1) is 15.4. The standard InChI is InChI=1S/C16H12BrFO3S/c17-11-1-6-14-15(7-11)21-9-10(8-19)16(14)22(20)13-4-2-12(18)3-5-13/h1-8,10,16H,9H2. The maximum atomic E-state index is 13.0. The lowest BCUT2D eigenvalue weighted by atomic mass is 9.97. The number of rotatable bonds is 3. The number of ether oxygens (including phenoxy) is 1. The molecule has 2 aromatic carbocycles. The molecule has 1 aliphatic rings. The summed E-state index contributed by atoms with van der Waals surface area (Å²) in [4.78, 5) is 11.8. The molecule has 0 bridgehead atoms. The van der Waals surface area contributed by atoms with E-state index in [-0.39, 0.29) is 12.4 Å². The van der Waals surface area contributed by atoms with Gasteiger partial charge >= 0.3 is 0 Å². The average molecular weight is 383 g/mol. The molecule has 1 aliphatic heterocycles. The molecule has 114 valence electrons. The lowest BCUT2D eigenvalue weighted by molar-refractivity contribution is -0.112. The Balaban J connectivity index is 2.04. The quantitative estimate of drug-likeness (QED) is 0.761.